The zero-order valence-corrected chi connectivity index (χ0v) is 17.9. The standard InChI is InChI=1S/C24H23N3O3S/c1-17-11-13-19(15-23(17)27-31(29,30)20-7-3-2-4-8-20)26-24(28)14-12-18-16-25-22-10-6-5-9-21(18)22/h2-11,13,15-16,25,27H,12,14H2,1H3,(H,26,28). The van der Waals surface area contributed by atoms with Crippen molar-refractivity contribution in [3.8, 4) is 0 Å². The number of amides is 1. The summed E-state index contributed by atoms with van der Waals surface area (Å²) in [5.41, 5.74) is 3.87. The van der Waals surface area contributed by atoms with Crippen molar-refractivity contribution in [3.63, 3.8) is 0 Å². The molecule has 0 aliphatic carbocycles. The number of H-pyrrole nitrogens is 1. The van der Waals surface area contributed by atoms with Crippen LogP contribution in [0.25, 0.3) is 10.9 Å². The maximum atomic E-state index is 12.6. The van der Waals surface area contributed by atoms with Crippen molar-refractivity contribution in [2.45, 2.75) is 24.7 Å². The number of sulfonamides is 1. The summed E-state index contributed by atoms with van der Waals surface area (Å²) >= 11 is 0. The molecule has 3 aromatic carbocycles. The summed E-state index contributed by atoms with van der Waals surface area (Å²) in [6.45, 7) is 1.81. The molecule has 0 radical (unpaired) electrons. The molecule has 1 aromatic heterocycles. The van der Waals surface area contributed by atoms with Gasteiger partial charge >= 0.3 is 0 Å². The lowest BCUT2D eigenvalue weighted by Gasteiger charge is -2.13. The molecule has 6 nitrogen and oxygen atoms in total. The number of nitrogens with one attached hydrogen (secondary N) is 3. The smallest absolute Gasteiger partial charge is 0.261 e. The van der Waals surface area contributed by atoms with Gasteiger partial charge in [-0.3, -0.25) is 9.52 Å². The maximum absolute atomic E-state index is 12.6. The van der Waals surface area contributed by atoms with E-state index in [0.29, 0.717) is 24.2 Å². The predicted molar refractivity (Wildman–Crippen MR) is 124 cm³/mol. The number of carbonyl (C=O) groups excluding carboxylic acids is 1. The van der Waals surface area contributed by atoms with E-state index in [1.54, 1.807) is 36.4 Å². The van der Waals surface area contributed by atoms with E-state index >= 15 is 0 Å². The third kappa shape index (κ3) is 4.78. The van der Waals surface area contributed by atoms with Crippen LogP contribution in [0.3, 0.4) is 0 Å². The van der Waals surface area contributed by atoms with Crippen LogP contribution in [0.1, 0.15) is 17.5 Å². The van der Waals surface area contributed by atoms with Crippen molar-refractivity contribution in [1.82, 2.24) is 4.98 Å². The van der Waals surface area contributed by atoms with Gasteiger partial charge in [-0.05, 0) is 54.8 Å². The van der Waals surface area contributed by atoms with Crippen LogP contribution in [0.4, 0.5) is 11.4 Å². The van der Waals surface area contributed by atoms with Gasteiger partial charge in [-0.25, -0.2) is 8.42 Å². The number of para-hydroxylation sites is 1. The Morgan fingerprint density at radius 1 is 0.968 bits per heavy atom. The number of hydrogen-bond donors (Lipinski definition) is 3. The third-order valence-electron chi connectivity index (χ3n) is 5.12. The van der Waals surface area contributed by atoms with E-state index in [1.165, 1.54) is 12.1 Å². The number of rotatable bonds is 7. The molecular weight excluding hydrogens is 410 g/mol. The molecule has 7 heteroatoms. The van der Waals surface area contributed by atoms with Crippen LogP contribution >= 0.6 is 0 Å². The van der Waals surface area contributed by atoms with Crippen LogP contribution in [-0.4, -0.2) is 19.3 Å². The largest absolute Gasteiger partial charge is 0.361 e. The second-order valence-electron chi connectivity index (χ2n) is 7.36. The second kappa shape index (κ2) is 8.65. The van der Waals surface area contributed by atoms with Crippen LogP contribution < -0.4 is 10.0 Å². The van der Waals surface area contributed by atoms with Gasteiger partial charge in [0.2, 0.25) is 5.91 Å². The molecule has 0 saturated heterocycles. The van der Waals surface area contributed by atoms with E-state index in [0.717, 1.165) is 22.0 Å². The number of benzene rings is 3. The Labute approximate surface area is 181 Å². The van der Waals surface area contributed by atoms with Gasteiger partial charge in [0.25, 0.3) is 10.0 Å². The van der Waals surface area contributed by atoms with Gasteiger partial charge in [0.1, 0.15) is 0 Å². The van der Waals surface area contributed by atoms with Gasteiger partial charge in [-0.15, -0.1) is 0 Å². The number of fused-ring (bicyclic) bond motifs is 1. The Balaban J connectivity index is 1.44. The average Bonchev–Trinajstić information content (AvgIpc) is 3.18. The summed E-state index contributed by atoms with van der Waals surface area (Å²) in [5, 5.41) is 3.98. The molecule has 4 aromatic rings. The summed E-state index contributed by atoms with van der Waals surface area (Å²) in [6.07, 6.45) is 2.86. The van der Waals surface area contributed by atoms with E-state index in [2.05, 4.69) is 15.0 Å². The first-order valence-electron chi connectivity index (χ1n) is 9.96. The van der Waals surface area contributed by atoms with Crippen LogP contribution in [0.5, 0.6) is 0 Å². The number of carbonyl (C=O) groups is 1. The first-order chi connectivity index (χ1) is 14.9. The highest BCUT2D eigenvalue weighted by Crippen LogP contribution is 2.24. The van der Waals surface area contributed by atoms with E-state index in [9.17, 15) is 13.2 Å². The minimum atomic E-state index is -3.71. The first-order valence-corrected chi connectivity index (χ1v) is 11.4. The molecule has 0 spiro atoms. The Bertz CT molecular complexity index is 1330. The molecule has 3 N–H and O–H groups in total. The molecule has 158 valence electrons. The van der Waals surface area contributed by atoms with Gasteiger partial charge in [0.15, 0.2) is 0 Å². The lowest BCUT2D eigenvalue weighted by Crippen LogP contribution is -2.15. The average molecular weight is 434 g/mol. The van der Waals surface area contributed by atoms with Crippen LogP contribution in [0, 0.1) is 6.92 Å². The molecule has 0 saturated carbocycles. The Kier molecular flexibility index (Phi) is 5.77. The summed E-state index contributed by atoms with van der Waals surface area (Å²) in [5.74, 6) is -0.133. The van der Waals surface area contributed by atoms with Gasteiger partial charge < -0.3 is 10.3 Å². The van der Waals surface area contributed by atoms with Crippen molar-refractivity contribution in [1.29, 1.82) is 0 Å². The van der Waals surface area contributed by atoms with Crippen LogP contribution in [0.2, 0.25) is 0 Å². The van der Waals surface area contributed by atoms with Gasteiger partial charge in [0.05, 0.1) is 10.6 Å². The number of aryl methyl sites for hydroxylation is 2. The summed E-state index contributed by atoms with van der Waals surface area (Å²) < 4.78 is 27.9. The molecular formula is C24H23N3O3S. The minimum absolute atomic E-state index is 0.133. The molecule has 31 heavy (non-hydrogen) atoms. The summed E-state index contributed by atoms with van der Waals surface area (Å²) in [7, 11) is -3.71. The van der Waals surface area contributed by atoms with Crippen molar-refractivity contribution < 1.29 is 13.2 Å². The highest BCUT2D eigenvalue weighted by Gasteiger charge is 2.15. The van der Waals surface area contributed by atoms with Gasteiger partial charge in [-0.1, -0.05) is 42.5 Å². The zero-order chi connectivity index (χ0) is 21.8. The fourth-order valence-corrected chi connectivity index (χ4v) is 4.57. The highest BCUT2D eigenvalue weighted by molar-refractivity contribution is 7.92. The van der Waals surface area contributed by atoms with Crippen molar-refractivity contribution in [3.05, 3.63) is 90.1 Å². The highest BCUT2D eigenvalue weighted by atomic mass is 32.2. The van der Waals surface area contributed by atoms with E-state index in [-0.39, 0.29) is 10.8 Å². The molecule has 0 fully saturated rings. The molecule has 1 heterocycles. The third-order valence-corrected chi connectivity index (χ3v) is 6.50. The van der Waals surface area contributed by atoms with Gasteiger partial charge in [0, 0.05) is 29.2 Å². The summed E-state index contributed by atoms with van der Waals surface area (Å²) in [4.78, 5) is 15.9. The molecule has 0 atom stereocenters. The number of aromatic nitrogens is 1. The van der Waals surface area contributed by atoms with E-state index < -0.39 is 10.0 Å². The lowest BCUT2D eigenvalue weighted by molar-refractivity contribution is -0.116. The second-order valence-corrected chi connectivity index (χ2v) is 9.04. The van der Waals surface area contributed by atoms with Crippen molar-refractivity contribution >= 4 is 38.2 Å². The quantitative estimate of drug-likeness (QED) is 0.389. The summed E-state index contributed by atoms with van der Waals surface area (Å²) in [6, 6.07) is 21.3. The predicted octanol–water partition coefficient (Wildman–Crippen LogP) is 4.85. The molecule has 0 bridgehead atoms. The topological polar surface area (TPSA) is 91.1 Å². The van der Waals surface area contributed by atoms with E-state index in [4.69, 9.17) is 0 Å². The van der Waals surface area contributed by atoms with Crippen molar-refractivity contribution in [2.75, 3.05) is 10.0 Å². The Morgan fingerprint density at radius 3 is 2.52 bits per heavy atom. The molecule has 1 amide bonds. The Hall–Kier alpha value is -3.58. The fourth-order valence-electron chi connectivity index (χ4n) is 3.42. The zero-order valence-electron chi connectivity index (χ0n) is 17.1. The number of hydrogen-bond acceptors (Lipinski definition) is 3. The SMILES string of the molecule is Cc1ccc(NC(=O)CCc2c[nH]c3ccccc23)cc1NS(=O)(=O)c1ccccc1. The first kappa shape index (κ1) is 20.7. The molecule has 0 aliphatic rings. The Morgan fingerprint density at radius 2 is 1.71 bits per heavy atom. The normalized spacial score (nSPS) is 11.4. The lowest BCUT2D eigenvalue weighted by atomic mass is 10.1. The molecule has 0 unspecified atom stereocenters. The maximum Gasteiger partial charge on any atom is 0.261 e. The van der Waals surface area contributed by atoms with Crippen molar-refractivity contribution in [2.24, 2.45) is 0 Å². The fraction of sp³-hybridized carbons (Fsp3) is 0.125. The van der Waals surface area contributed by atoms with Gasteiger partial charge in [-0.2, -0.15) is 0 Å². The molecule has 0 aliphatic heterocycles. The molecule has 4 rings (SSSR count). The van der Waals surface area contributed by atoms with Crippen LogP contribution in [0.15, 0.2) is 83.9 Å². The van der Waals surface area contributed by atoms with E-state index in [1.807, 2.05) is 37.4 Å². The number of aromatic amines is 1. The van der Waals surface area contributed by atoms with Crippen LogP contribution in [-0.2, 0) is 21.2 Å². The minimum Gasteiger partial charge on any atom is -0.361 e. The number of anilines is 2. The monoisotopic (exact) mass is 433 g/mol.